The number of nitrogens with one attached hydrogen (secondary N) is 2. The largest absolute Gasteiger partial charge is 0.326 e. The molecule has 0 bridgehead atoms. The van der Waals surface area contributed by atoms with Gasteiger partial charge in [-0.3, -0.25) is 9.52 Å². The van der Waals surface area contributed by atoms with Crippen LogP contribution in [0.25, 0.3) is 10.2 Å². The molecule has 1 heterocycles. The molecule has 0 unspecified atom stereocenters. The van der Waals surface area contributed by atoms with E-state index in [0.717, 1.165) is 27.9 Å². The molecule has 1 aliphatic carbocycles. The highest BCUT2D eigenvalue weighted by atomic mass is 32.2. The lowest BCUT2D eigenvalue weighted by Crippen LogP contribution is -2.12. The molecule has 0 radical (unpaired) electrons. The van der Waals surface area contributed by atoms with Crippen molar-refractivity contribution in [2.24, 2.45) is 5.92 Å². The lowest BCUT2D eigenvalue weighted by molar-refractivity contribution is -0.116. The van der Waals surface area contributed by atoms with Gasteiger partial charge in [0.2, 0.25) is 5.91 Å². The number of carbonyl (C=O) groups excluding carboxylic acids is 1. The zero-order chi connectivity index (χ0) is 21.1. The minimum atomic E-state index is -3.69. The van der Waals surface area contributed by atoms with Gasteiger partial charge in [0.1, 0.15) is 0 Å². The Labute approximate surface area is 180 Å². The number of nitrogens with zero attached hydrogens (tertiary/aromatic N) is 1. The summed E-state index contributed by atoms with van der Waals surface area (Å²) in [7, 11) is -3.69. The van der Waals surface area contributed by atoms with E-state index in [4.69, 9.17) is 0 Å². The van der Waals surface area contributed by atoms with Crippen LogP contribution in [0.3, 0.4) is 0 Å². The summed E-state index contributed by atoms with van der Waals surface area (Å²) in [5.41, 5.74) is 2.34. The number of hydrogen-bond acceptors (Lipinski definition) is 5. The van der Waals surface area contributed by atoms with E-state index in [2.05, 4.69) is 15.0 Å². The highest BCUT2D eigenvalue weighted by Gasteiger charge is 2.18. The molecule has 3 aromatic rings. The van der Waals surface area contributed by atoms with E-state index in [1.165, 1.54) is 37.0 Å². The Hall–Kier alpha value is -2.45. The van der Waals surface area contributed by atoms with Crippen molar-refractivity contribution in [1.82, 2.24) is 4.98 Å². The number of aryl methyl sites for hydroxylation is 1. The average molecular weight is 444 g/mol. The van der Waals surface area contributed by atoms with Gasteiger partial charge in [0.25, 0.3) is 10.0 Å². The second-order valence-electron chi connectivity index (χ2n) is 7.81. The zero-order valence-electron chi connectivity index (χ0n) is 16.8. The van der Waals surface area contributed by atoms with E-state index in [0.29, 0.717) is 17.5 Å². The van der Waals surface area contributed by atoms with Crippen LogP contribution in [0.5, 0.6) is 0 Å². The number of fused-ring (bicyclic) bond motifs is 1. The summed E-state index contributed by atoms with van der Waals surface area (Å²) in [6.07, 6.45) is 6.52. The van der Waals surface area contributed by atoms with Gasteiger partial charge in [-0.25, -0.2) is 13.4 Å². The van der Waals surface area contributed by atoms with Gasteiger partial charge in [-0.2, -0.15) is 0 Å². The molecule has 30 heavy (non-hydrogen) atoms. The number of anilines is 2. The second-order valence-corrected chi connectivity index (χ2v) is 10.5. The van der Waals surface area contributed by atoms with Crippen LogP contribution in [0.2, 0.25) is 0 Å². The van der Waals surface area contributed by atoms with E-state index in [1.807, 2.05) is 19.1 Å². The first-order valence-corrected chi connectivity index (χ1v) is 12.5. The molecule has 0 spiro atoms. The fourth-order valence-electron chi connectivity index (χ4n) is 3.94. The van der Waals surface area contributed by atoms with Crippen LogP contribution in [-0.2, 0) is 14.8 Å². The summed E-state index contributed by atoms with van der Waals surface area (Å²) in [5.74, 6) is 0.705. The van der Waals surface area contributed by atoms with Gasteiger partial charge in [0.15, 0.2) is 5.13 Å². The number of rotatable bonds is 7. The molecule has 0 atom stereocenters. The topological polar surface area (TPSA) is 88.2 Å². The van der Waals surface area contributed by atoms with Crippen molar-refractivity contribution in [3.63, 3.8) is 0 Å². The third kappa shape index (κ3) is 4.82. The first-order chi connectivity index (χ1) is 14.4. The van der Waals surface area contributed by atoms with Crippen LogP contribution in [-0.4, -0.2) is 19.3 Å². The Bertz CT molecular complexity index is 1150. The molecule has 2 N–H and O–H groups in total. The second kappa shape index (κ2) is 8.73. The van der Waals surface area contributed by atoms with Crippen molar-refractivity contribution < 1.29 is 13.2 Å². The van der Waals surface area contributed by atoms with E-state index in [9.17, 15) is 13.2 Å². The van der Waals surface area contributed by atoms with Crippen LogP contribution < -0.4 is 10.0 Å². The number of benzene rings is 2. The van der Waals surface area contributed by atoms with Crippen LogP contribution in [0.15, 0.2) is 47.4 Å². The van der Waals surface area contributed by atoms with E-state index < -0.39 is 10.0 Å². The first kappa shape index (κ1) is 20.8. The van der Waals surface area contributed by atoms with Gasteiger partial charge in [0, 0.05) is 12.1 Å². The molecular formula is C22H25N3O3S2. The molecule has 1 fully saturated rings. The van der Waals surface area contributed by atoms with E-state index in [-0.39, 0.29) is 10.8 Å². The molecule has 6 nitrogen and oxygen atoms in total. The fraction of sp³-hybridized carbons (Fsp3) is 0.364. The Balaban J connectivity index is 1.48. The summed E-state index contributed by atoms with van der Waals surface area (Å²) < 4.78 is 28.5. The Morgan fingerprint density at radius 2 is 1.90 bits per heavy atom. The summed E-state index contributed by atoms with van der Waals surface area (Å²) in [5, 5.41) is 3.29. The predicted octanol–water partition coefficient (Wildman–Crippen LogP) is 5.31. The van der Waals surface area contributed by atoms with Crippen LogP contribution in [0.1, 0.15) is 44.1 Å². The molecule has 1 aliphatic rings. The lowest BCUT2D eigenvalue weighted by Gasteiger charge is -2.09. The minimum Gasteiger partial charge on any atom is -0.326 e. The summed E-state index contributed by atoms with van der Waals surface area (Å²) in [6.45, 7) is 1.91. The lowest BCUT2D eigenvalue weighted by atomic mass is 10.0. The molecule has 1 amide bonds. The third-order valence-electron chi connectivity index (χ3n) is 5.50. The van der Waals surface area contributed by atoms with Crippen molar-refractivity contribution in [3.05, 3.63) is 48.0 Å². The first-order valence-electron chi connectivity index (χ1n) is 10.2. The summed E-state index contributed by atoms with van der Waals surface area (Å²) >= 11 is 1.26. The van der Waals surface area contributed by atoms with Crippen molar-refractivity contribution in [3.8, 4) is 0 Å². The van der Waals surface area contributed by atoms with Crippen LogP contribution in [0, 0.1) is 12.8 Å². The Kier molecular flexibility index (Phi) is 6.06. The number of sulfonamides is 1. The van der Waals surface area contributed by atoms with Crippen molar-refractivity contribution in [2.75, 3.05) is 10.0 Å². The van der Waals surface area contributed by atoms with Crippen LogP contribution >= 0.6 is 11.3 Å². The molecule has 0 aliphatic heterocycles. The fourth-order valence-corrected chi connectivity index (χ4v) is 6.18. The van der Waals surface area contributed by atoms with Gasteiger partial charge in [0.05, 0.1) is 15.1 Å². The normalized spacial score (nSPS) is 14.8. The maximum atomic E-state index is 12.6. The molecule has 1 aromatic heterocycles. The highest BCUT2D eigenvalue weighted by Crippen LogP contribution is 2.33. The summed E-state index contributed by atoms with van der Waals surface area (Å²) in [6, 6.07) is 11.9. The predicted molar refractivity (Wildman–Crippen MR) is 121 cm³/mol. The van der Waals surface area contributed by atoms with Gasteiger partial charge >= 0.3 is 0 Å². The number of carbonyl (C=O) groups is 1. The van der Waals surface area contributed by atoms with E-state index in [1.54, 1.807) is 30.3 Å². The maximum absolute atomic E-state index is 12.6. The van der Waals surface area contributed by atoms with Gasteiger partial charge < -0.3 is 5.32 Å². The standard InChI is InChI=1S/C22H25N3O3S2/c1-15-13-17(23-20(26)12-11-16-7-5-6-8-16)14-19-21(15)24-22(29-19)25-30(27,28)18-9-3-2-4-10-18/h2-4,9-10,13-14,16H,5-8,11-12H2,1H3,(H,23,26)(H,24,25). The minimum absolute atomic E-state index is 0.0233. The van der Waals surface area contributed by atoms with Gasteiger partial charge in [-0.15, -0.1) is 0 Å². The van der Waals surface area contributed by atoms with Gasteiger partial charge in [-0.05, 0) is 49.1 Å². The molecule has 1 saturated carbocycles. The molecule has 0 saturated heterocycles. The quantitative estimate of drug-likeness (QED) is 0.518. The number of hydrogen-bond donors (Lipinski definition) is 2. The smallest absolute Gasteiger partial charge is 0.263 e. The Morgan fingerprint density at radius 3 is 2.63 bits per heavy atom. The molecule has 2 aromatic carbocycles. The highest BCUT2D eigenvalue weighted by molar-refractivity contribution is 7.93. The van der Waals surface area contributed by atoms with E-state index >= 15 is 0 Å². The molecule has 4 rings (SSSR count). The molecule has 158 valence electrons. The monoisotopic (exact) mass is 443 g/mol. The van der Waals surface area contributed by atoms with Crippen LogP contribution in [0.4, 0.5) is 10.8 Å². The number of thiazole rings is 1. The summed E-state index contributed by atoms with van der Waals surface area (Å²) in [4.78, 5) is 17.0. The average Bonchev–Trinajstić information content (AvgIpc) is 3.36. The number of aromatic nitrogens is 1. The van der Waals surface area contributed by atoms with Crippen molar-refractivity contribution in [2.45, 2.75) is 50.3 Å². The SMILES string of the molecule is Cc1cc(NC(=O)CCC2CCCC2)cc2sc(NS(=O)(=O)c3ccccc3)nc12. The number of amides is 1. The van der Waals surface area contributed by atoms with Crippen molar-refractivity contribution >= 4 is 48.3 Å². The molecular weight excluding hydrogens is 418 g/mol. The Morgan fingerprint density at radius 1 is 1.17 bits per heavy atom. The maximum Gasteiger partial charge on any atom is 0.263 e. The third-order valence-corrected chi connectivity index (χ3v) is 7.90. The van der Waals surface area contributed by atoms with Crippen molar-refractivity contribution in [1.29, 1.82) is 0 Å². The molecule has 8 heteroatoms. The zero-order valence-corrected chi connectivity index (χ0v) is 18.5. The van der Waals surface area contributed by atoms with Gasteiger partial charge in [-0.1, -0.05) is 55.2 Å².